The van der Waals surface area contributed by atoms with E-state index >= 15 is 4.39 Å². The molecule has 4 rings (SSSR count). The highest BCUT2D eigenvalue weighted by Crippen LogP contribution is 2.36. The Morgan fingerprint density at radius 3 is 2.50 bits per heavy atom. The number of nitrogens with one attached hydrogen (secondary N) is 2. The summed E-state index contributed by atoms with van der Waals surface area (Å²) in [5.41, 5.74) is 1.78. The first-order valence-electron chi connectivity index (χ1n) is 12.1. The molecule has 15 heteroatoms. The zero-order valence-corrected chi connectivity index (χ0v) is 23.9. The van der Waals surface area contributed by atoms with Crippen LogP contribution in [0.25, 0.3) is 0 Å². The normalized spacial score (nSPS) is 13.8. The van der Waals surface area contributed by atoms with Crippen molar-refractivity contribution in [2.24, 2.45) is 0 Å². The fourth-order valence-electron chi connectivity index (χ4n) is 3.99. The van der Waals surface area contributed by atoms with Crippen molar-refractivity contribution in [1.82, 2.24) is 10.1 Å². The maximum Gasteiger partial charge on any atom is 0.354 e. The number of amides is 4. The maximum absolute atomic E-state index is 15.1. The average Bonchev–Trinajstić information content (AvgIpc) is 3.36. The summed E-state index contributed by atoms with van der Waals surface area (Å²) in [6, 6.07) is 3.98. The van der Waals surface area contributed by atoms with E-state index in [0.29, 0.717) is 33.5 Å². The monoisotopic (exact) mass is 575 g/mol. The van der Waals surface area contributed by atoms with E-state index in [1.54, 1.807) is 33.3 Å². The lowest BCUT2D eigenvalue weighted by Gasteiger charge is -2.36. The molecule has 0 saturated heterocycles. The van der Waals surface area contributed by atoms with Gasteiger partial charge in [-0.3, -0.25) is 9.80 Å². The largest absolute Gasteiger partial charge is 0.373 e. The molecule has 2 aromatic heterocycles. The van der Waals surface area contributed by atoms with Crippen LogP contribution < -0.4 is 25.5 Å². The highest BCUT2D eigenvalue weighted by atomic mass is 32.2. The van der Waals surface area contributed by atoms with Crippen molar-refractivity contribution in [3.8, 4) is 0 Å². The molecule has 4 amide bonds. The van der Waals surface area contributed by atoms with Crippen molar-refractivity contribution in [2.75, 3.05) is 45.8 Å². The number of carbonyl (C=O) groups excluding carboxylic acids is 2. The Kier molecular flexibility index (Phi) is 7.47. The van der Waals surface area contributed by atoms with Gasteiger partial charge in [0.15, 0.2) is 0 Å². The fourth-order valence-corrected chi connectivity index (χ4v) is 4.40. The summed E-state index contributed by atoms with van der Waals surface area (Å²) in [6.07, 6.45) is 2.38. The molecule has 1 aliphatic heterocycles. The second-order valence-corrected chi connectivity index (χ2v) is 11.9. The van der Waals surface area contributed by atoms with Gasteiger partial charge in [-0.05, 0) is 24.6 Å². The summed E-state index contributed by atoms with van der Waals surface area (Å²) >= 11 is 0. The lowest BCUT2D eigenvalue weighted by atomic mass is 9.92. The van der Waals surface area contributed by atoms with Gasteiger partial charge in [0.25, 0.3) is 16.0 Å². The molecule has 3 aromatic rings. The minimum atomic E-state index is -4.21. The van der Waals surface area contributed by atoms with Gasteiger partial charge in [-0.15, -0.1) is 9.35 Å². The van der Waals surface area contributed by atoms with Crippen LogP contribution in [-0.2, 0) is 26.4 Å². The Labute approximate surface area is 231 Å². The summed E-state index contributed by atoms with van der Waals surface area (Å²) in [5.74, 6) is -0.559. The van der Waals surface area contributed by atoms with E-state index in [9.17, 15) is 18.0 Å². The number of aryl methyl sites for hydroxylation is 1. The summed E-state index contributed by atoms with van der Waals surface area (Å²) in [4.78, 5) is 33.7. The molecule has 40 heavy (non-hydrogen) atoms. The van der Waals surface area contributed by atoms with Gasteiger partial charge < -0.3 is 15.2 Å². The number of benzene rings is 1. The lowest BCUT2D eigenvalue weighted by Crippen LogP contribution is -2.45. The van der Waals surface area contributed by atoms with E-state index in [0.717, 1.165) is 17.9 Å². The number of rotatable bonds is 6. The summed E-state index contributed by atoms with van der Waals surface area (Å²) in [7, 11) is -0.881. The highest BCUT2D eigenvalue weighted by Gasteiger charge is 2.32. The van der Waals surface area contributed by atoms with E-state index < -0.39 is 27.4 Å². The highest BCUT2D eigenvalue weighted by molar-refractivity contribution is 7.86. The Bertz CT molecular complexity index is 1580. The molecule has 0 atom stereocenters. The number of anilines is 5. The third kappa shape index (κ3) is 5.84. The smallest absolute Gasteiger partial charge is 0.354 e. The van der Waals surface area contributed by atoms with Crippen molar-refractivity contribution in [3.63, 3.8) is 0 Å². The number of aromatic nitrogens is 2. The molecule has 1 aliphatic rings. The van der Waals surface area contributed by atoms with Crippen LogP contribution in [0.4, 0.5) is 42.7 Å². The molecular formula is C25H30FN7O6S. The fraction of sp³-hybridized carbons (Fsp3) is 0.360. The van der Waals surface area contributed by atoms with Crippen molar-refractivity contribution < 1.29 is 31.2 Å². The van der Waals surface area contributed by atoms with E-state index in [1.807, 2.05) is 20.8 Å². The number of urea groups is 2. The molecule has 0 spiro atoms. The number of hydroxylamine groups is 1. The van der Waals surface area contributed by atoms with Crippen LogP contribution in [0.3, 0.4) is 0 Å². The Hall–Kier alpha value is -4.24. The molecule has 0 fully saturated rings. The number of carbonyl (C=O) groups is 2. The van der Waals surface area contributed by atoms with Gasteiger partial charge in [-0.1, -0.05) is 25.9 Å². The van der Waals surface area contributed by atoms with Crippen molar-refractivity contribution in [3.05, 3.63) is 53.1 Å². The van der Waals surface area contributed by atoms with Crippen molar-refractivity contribution in [2.45, 2.75) is 39.7 Å². The van der Waals surface area contributed by atoms with Gasteiger partial charge in [0.05, 0.1) is 35.6 Å². The van der Waals surface area contributed by atoms with E-state index in [1.165, 1.54) is 21.9 Å². The van der Waals surface area contributed by atoms with Gasteiger partial charge in [0.1, 0.15) is 11.6 Å². The maximum atomic E-state index is 15.1. The predicted octanol–water partition coefficient (Wildman–Crippen LogP) is 4.36. The first-order chi connectivity index (χ1) is 18.6. The zero-order chi connectivity index (χ0) is 29.6. The zero-order valence-electron chi connectivity index (χ0n) is 23.1. The summed E-state index contributed by atoms with van der Waals surface area (Å²) in [5, 5.41) is 9.45. The molecule has 0 saturated carbocycles. The molecule has 13 nitrogen and oxygen atoms in total. The molecule has 3 heterocycles. The molecule has 0 aliphatic carbocycles. The molecule has 0 radical (unpaired) electrons. The molecule has 214 valence electrons. The second-order valence-electron chi connectivity index (χ2n) is 10.3. The van der Waals surface area contributed by atoms with Crippen LogP contribution in [0, 0.1) is 12.7 Å². The van der Waals surface area contributed by atoms with Gasteiger partial charge >= 0.3 is 12.1 Å². The first-order valence-corrected chi connectivity index (χ1v) is 13.9. The van der Waals surface area contributed by atoms with Gasteiger partial charge in [-0.2, -0.15) is 8.42 Å². The Morgan fingerprint density at radius 2 is 1.90 bits per heavy atom. The molecule has 1 aromatic carbocycles. The van der Waals surface area contributed by atoms with E-state index in [-0.39, 0.29) is 24.1 Å². The lowest BCUT2D eigenvalue weighted by molar-refractivity contribution is 0.217. The van der Waals surface area contributed by atoms with Gasteiger partial charge in [0.2, 0.25) is 0 Å². The third-order valence-electron chi connectivity index (χ3n) is 6.10. The number of pyridine rings is 1. The molecule has 0 bridgehead atoms. The average molecular weight is 576 g/mol. The van der Waals surface area contributed by atoms with Crippen LogP contribution >= 0.6 is 0 Å². The summed E-state index contributed by atoms with van der Waals surface area (Å²) in [6.45, 7) is 7.29. The van der Waals surface area contributed by atoms with E-state index in [4.69, 9.17) is 8.81 Å². The van der Waals surface area contributed by atoms with Crippen molar-refractivity contribution in [1.29, 1.82) is 0 Å². The third-order valence-corrected chi connectivity index (χ3v) is 6.52. The minimum Gasteiger partial charge on any atom is -0.373 e. The molecular weight excluding hydrogens is 545 g/mol. The Balaban J connectivity index is 1.68. The standard InChI is InChI=1S/C25H30FN7O6S/c1-14-8-16(26)17(9-18(14)32-13-15-12-28-21(27-5)10-19(15)31(6)24(32)35)29-23(34)33(39-40(7,36)37)22-11-20(30-38-22)25(2,3)4/h8-12H,13H2,1-7H3,(H,27,28)(H,29,34). The predicted molar refractivity (Wildman–Crippen MR) is 148 cm³/mol. The van der Waals surface area contributed by atoms with Crippen molar-refractivity contribution >= 4 is 50.9 Å². The van der Waals surface area contributed by atoms with Gasteiger partial charge in [0, 0.05) is 43.4 Å². The number of fused-ring (bicyclic) bond motifs is 1. The first kappa shape index (κ1) is 28.8. The van der Waals surface area contributed by atoms with Crippen LogP contribution in [0.5, 0.6) is 0 Å². The minimum absolute atomic E-state index is 0.145. The summed E-state index contributed by atoms with van der Waals surface area (Å²) < 4.78 is 48.9. The molecule has 0 unspecified atom stereocenters. The van der Waals surface area contributed by atoms with Crippen LogP contribution in [-0.4, -0.2) is 51.0 Å². The number of hydrogen-bond donors (Lipinski definition) is 2. The quantitative estimate of drug-likeness (QED) is 0.409. The SMILES string of the molecule is CNc1cc2c(cn1)CN(c1cc(NC(=O)N(OS(C)(=O)=O)c3cc(C(C)(C)C)no3)c(F)cc1C)C(=O)N2C. The molecule has 2 N–H and O–H groups in total. The second kappa shape index (κ2) is 10.4. The van der Waals surface area contributed by atoms with Gasteiger partial charge in [-0.25, -0.2) is 19.0 Å². The number of hydrogen-bond acceptors (Lipinski definition) is 9. The Morgan fingerprint density at radius 1 is 1.20 bits per heavy atom. The number of halogens is 1. The van der Waals surface area contributed by atoms with Crippen LogP contribution in [0.1, 0.15) is 37.6 Å². The number of nitrogens with zero attached hydrogens (tertiary/aromatic N) is 5. The van der Waals surface area contributed by atoms with Crippen LogP contribution in [0.2, 0.25) is 0 Å². The topological polar surface area (TPSA) is 150 Å². The van der Waals surface area contributed by atoms with E-state index in [2.05, 4.69) is 20.8 Å². The van der Waals surface area contributed by atoms with Crippen LogP contribution in [0.15, 0.2) is 35.0 Å².